The second-order valence-electron chi connectivity index (χ2n) is 5.64. The van der Waals surface area contributed by atoms with Crippen LogP contribution >= 0.6 is 0 Å². The largest absolute Gasteiger partial charge is 0.356 e. The van der Waals surface area contributed by atoms with Crippen LogP contribution in [0, 0.1) is 5.41 Å². The standard InChI is InChI=1S/C14H20N4O2/c1-2-17-10-15-9-11(17)12(19)18-7-4-14(5-8-18)3-6-16-13(14)20/h9-10H,2-8H2,1H3,(H,16,20). The van der Waals surface area contributed by atoms with Crippen molar-refractivity contribution in [2.45, 2.75) is 32.7 Å². The third-order valence-corrected chi connectivity index (χ3v) is 4.65. The van der Waals surface area contributed by atoms with Gasteiger partial charge in [-0.25, -0.2) is 4.98 Å². The van der Waals surface area contributed by atoms with Gasteiger partial charge in [-0.3, -0.25) is 9.59 Å². The van der Waals surface area contributed by atoms with E-state index in [0.29, 0.717) is 18.8 Å². The summed E-state index contributed by atoms with van der Waals surface area (Å²) in [5.74, 6) is 0.195. The molecular weight excluding hydrogens is 256 g/mol. The number of likely N-dealkylation sites (tertiary alicyclic amines) is 1. The summed E-state index contributed by atoms with van der Waals surface area (Å²) in [5, 5.41) is 2.91. The number of hydrogen-bond acceptors (Lipinski definition) is 3. The van der Waals surface area contributed by atoms with Gasteiger partial charge in [0, 0.05) is 26.2 Å². The van der Waals surface area contributed by atoms with Gasteiger partial charge in [0.15, 0.2) is 0 Å². The molecule has 2 aliphatic heterocycles. The number of imidazole rings is 1. The van der Waals surface area contributed by atoms with Crippen LogP contribution in [0.3, 0.4) is 0 Å². The maximum Gasteiger partial charge on any atom is 0.272 e. The van der Waals surface area contributed by atoms with E-state index in [1.54, 1.807) is 12.5 Å². The lowest BCUT2D eigenvalue weighted by molar-refractivity contribution is -0.129. The van der Waals surface area contributed by atoms with Crippen LogP contribution in [0.15, 0.2) is 12.5 Å². The summed E-state index contributed by atoms with van der Waals surface area (Å²) in [5.41, 5.74) is 0.418. The lowest BCUT2D eigenvalue weighted by Crippen LogP contribution is -2.46. The Hall–Kier alpha value is -1.85. The van der Waals surface area contributed by atoms with Crippen LogP contribution in [-0.4, -0.2) is 45.9 Å². The molecule has 0 radical (unpaired) electrons. The molecule has 0 unspecified atom stereocenters. The smallest absolute Gasteiger partial charge is 0.272 e. The Morgan fingerprint density at radius 1 is 1.40 bits per heavy atom. The Kier molecular flexibility index (Phi) is 3.23. The zero-order valence-corrected chi connectivity index (χ0v) is 11.8. The van der Waals surface area contributed by atoms with Crippen molar-refractivity contribution < 1.29 is 9.59 Å². The average molecular weight is 276 g/mol. The van der Waals surface area contributed by atoms with E-state index in [4.69, 9.17) is 0 Å². The molecule has 20 heavy (non-hydrogen) atoms. The van der Waals surface area contributed by atoms with Gasteiger partial charge in [-0.15, -0.1) is 0 Å². The maximum atomic E-state index is 12.5. The van der Waals surface area contributed by atoms with E-state index in [0.717, 1.165) is 32.4 Å². The van der Waals surface area contributed by atoms with Crippen molar-refractivity contribution >= 4 is 11.8 Å². The van der Waals surface area contributed by atoms with E-state index in [9.17, 15) is 9.59 Å². The van der Waals surface area contributed by atoms with Gasteiger partial charge in [0.1, 0.15) is 5.69 Å². The third kappa shape index (κ3) is 1.99. The van der Waals surface area contributed by atoms with Crippen LogP contribution in [0.4, 0.5) is 0 Å². The molecule has 3 rings (SSSR count). The summed E-state index contributed by atoms with van der Waals surface area (Å²) in [6, 6.07) is 0. The highest BCUT2D eigenvalue weighted by Crippen LogP contribution is 2.38. The van der Waals surface area contributed by atoms with Gasteiger partial charge < -0.3 is 14.8 Å². The minimum Gasteiger partial charge on any atom is -0.356 e. The van der Waals surface area contributed by atoms with Crippen LogP contribution < -0.4 is 5.32 Å². The number of nitrogens with zero attached hydrogens (tertiary/aromatic N) is 3. The third-order valence-electron chi connectivity index (χ3n) is 4.65. The number of amides is 2. The lowest BCUT2D eigenvalue weighted by Gasteiger charge is -2.37. The van der Waals surface area contributed by atoms with Gasteiger partial charge in [-0.05, 0) is 26.2 Å². The van der Waals surface area contributed by atoms with Crippen LogP contribution in [0.5, 0.6) is 0 Å². The molecular formula is C14H20N4O2. The molecule has 0 aromatic carbocycles. The predicted octanol–water partition coefficient (Wildman–Crippen LogP) is 0.645. The van der Waals surface area contributed by atoms with Gasteiger partial charge in [0.25, 0.3) is 5.91 Å². The van der Waals surface area contributed by atoms with Crippen molar-refractivity contribution in [2.24, 2.45) is 5.41 Å². The Labute approximate surface area is 118 Å². The van der Waals surface area contributed by atoms with Crippen molar-refractivity contribution in [1.82, 2.24) is 19.8 Å². The number of carbonyl (C=O) groups excluding carboxylic acids is 2. The quantitative estimate of drug-likeness (QED) is 0.862. The summed E-state index contributed by atoms with van der Waals surface area (Å²) in [7, 11) is 0. The normalized spacial score (nSPS) is 21.2. The molecule has 1 spiro atoms. The SMILES string of the molecule is CCn1cncc1C(=O)N1CCC2(CCNC2=O)CC1. The van der Waals surface area contributed by atoms with E-state index in [1.807, 2.05) is 16.4 Å². The molecule has 2 aliphatic rings. The first-order valence-electron chi connectivity index (χ1n) is 7.24. The Balaban J connectivity index is 1.69. The molecule has 1 aromatic rings. The summed E-state index contributed by atoms with van der Waals surface area (Å²) < 4.78 is 1.86. The number of carbonyl (C=O) groups is 2. The Morgan fingerprint density at radius 2 is 2.15 bits per heavy atom. The van der Waals surface area contributed by atoms with Gasteiger partial charge in [-0.1, -0.05) is 0 Å². The summed E-state index contributed by atoms with van der Waals surface area (Å²) >= 11 is 0. The van der Waals surface area contributed by atoms with Crippen LogP contribution in [-0.2, 0) is 11.3 Å². The molecule has 0 saturated carbocycles. The molecule has 2 saturated heterocycles. The number of hydrogen-bond donors (Lipinski definition) is 1. The second-order valence-corrected chi connectivity index (χ2v) is 5.64. The number of piperidine rings is 1. The average Bonchev–Trinajstić information content (AvgIpc) is 3.07. The maximum absolute atomic E-state index is 12.5. The van der Waals surface area contributed by atoms with Crippen LogP contribution in [0.25, 0.3) is 0 Å². The van der Waals surface area contributed by atoms with Gasteiger partial charge in [0.2, 0.25) is 5.91 Å². The zero-order chi connectivity index (χ0) is 14.2. The monoisotopic (exact) mass is 276 g/mol. The molecule has 2 fully saturated rings. The summed E-state index contributed by atoms with van der Waals surface area (Å²) in [6.45, 7) is 4.81. The molecule has 1 N–H and O–H groups in total. The fourth-order valence-electron chi connectivity index (χ4n) is 3.24. The molecule has 1 aromatic heterocycles. The molecule has 0 atom stereocenters. The van der Waals surface area contributed by atoms with E-state index >= 15 is 0 Å². The Morgan fingerprint density at radius 3 is 2.75 bits per heavy atom. The van der Waals surface area contributed by atoms with E-state index in [-0.39, 0.29) is 17.2 Å². The molecule has 0 aliphatic carbocycles. The Bertz CT molecular complexity index is 529. The van der Waals surface area contributed by atoms with Crippen molar-refractivity contribution in [2.75, 3.05) is 19.6 Å². The fourth-order valence-corrected chi connectivity index (χ4v) is 3.24. The first-order chi connectivity index (χ1) is 9.66. The molecule has 6 nitrogen and oxygen atoms in total. The van der Waals surface area contributed by atoms with Gasteiger partial charge in [-0.2, -0.15) is 0 Å². The van der Waals surface area contributed by atoms with Crippen LogP contribution in [0.1, 0.15) is 36.7 Å². The minimum atomic E-state index is -0.220. The number of nitrogens with one attached hydrogen (secondary N) is 1. The predicted molar refractivity (Wildman–Crippen MR) is 73.1 cm³/mol. The number of aromatic nitrogens is 2. The van der Waals surface area contributed by atoms with Gasteiger partial charge >= 0.3 is 0 Å². The first kappa shape index (κ1) is 13.1. The second kappa shape index (κ2) is 4.92. The molecule has 6 heteroatoms. The van der Waals surface area contributed by atoms with Crippen molar-refractivity contribution in [3.8, 4) is 0 Å². The highest BCUT2D eigenvalue weighted by molar-refractivity contribution is 5.93. The minimum absolute atomic E-state index is 0.0256. The number of rotatable bonds is 2. The first-order valence-corrected chi connectivity index (χ1v) is 7.24. The molecule has 2 amide bonds. The number of aryl methyl sites for hydroxylation is 1. The van der Waals surface area contributed by atoms with E-state index in [2.05, 4.69) is 10.3 Å². The van der Waals surface area contributed by atoms with Crippen LogP contribution in [0.2, 0.25) is 0 Å². The van der Waals surface area contributed by atoms with E-state index in [1.165, 1.54) is 0 Å². The molecule has 3 heterocycles. The van der Waals surface area contributed by atoms with Crippen molar-refractivity contribution in [3.05, 3.63) is 18.2 Å². The molecule has 0 bridgehead atoms. The summed E-state index contributed by atoms with van der Waals surface area (Å²) in [4.78, 5) is 30.3. The highest BCUT2D eigenvalue weighted by Gasteiger charge is 2.45. The van der Waals surface area contributed by atoms with Crippen molar-refractivity contribution in [1.29, 1.82) is 0 Å². The van der Waals surface area contributed by atoms with Gasteiger partial charge in [0.05, 0.1) is 17.9 Å². The molecule has 108 valence electrons. The lowest BCUT2D eigenvalue weighted by atomic mass is 9.77. The summed E-state index contributed by atoms with van der Waals surface area (Å²) in [6.07, 6.45) is 5.75. The van der Waals surface area contributed by atoms with E-state index < -0.39 is 0 Å². The fraction of sp³-hybridized carbons (Fsp3) is 0.643. The highest BCUT2D eigenvalue weighted by atomic mass is 16.2. The topological polar surface area (TPSA) is 67.2 Å². The zero-order valence-electron chi connectivity index (χ0n) is 11.8. The van der Waals surface area contributed by atoms with Crippen molar-refractivity contribution in [3.63, 3.8) is 0 Å².